The summed E-state index contributed by atoms with van der Waals surface area (Å²) >= 11 is 0. The topological polar surface area (TPSA) is 52.0 Å². The van der Waals surface area contributed by atoms with Gasteiger partial charge in [0.25, 0.3) is 0 Å². The van der Waals surface area contributed by atoms with Crippen LogP contribution in [0.4, 0.5) is 5.82 Å². The summed E-state index contributed by atoms with van der Waals surface area (Å²) < 4.78 is 0. The SMILES string of the molecule is CN(C)CCCCNc1nc2ccccc2cc1C#N. The van der Waals surface area contributed by atoms with Crippen LogP contribution in [-0.2, 0) is 0 Å². The van der Waals surface area contributed by atoms with E-state index < -0.39 is 0 Å². The molecule has 4 nitrogen and oxygen atoms in total. The predicted octanol–water partition coefficient (Wildman–Crippen LogP) is 2.86. The van der Waals surface area contributed by atoms with Gasteiger partial charge in [-0.1, -0.05) is 18.2 Å². The third-order valence-electron chi connectivity index (χ3n) is 3.17. The van der Waals surface area contributed by atoms with Crippen LogP contribution in [0.3, 0.4) is 0 Å². The monoisotopic (exact) mass is 268 g/mol. The number of anilines is 1. The summed E-state index contributed by atoms with van der Waals surface area (Å²) in [6, 6.07) is 12.0. The fourth-order valence-electron chi connectivity index (χ4n) is 2.10. The average molecular weight is 268 g/mol. The maximum atomic E-state index is 9.22. The van der Waals surface area contributed by atoms with Gasteiger partial charge in [-0.05, 0) is 45.6 Å². The lowest BCUT2D eigenvalue weighted by Crippen LogP contribution is -2.14. The quantitative estimate of drug-likeness (QED) is 0.818. The molecule has 0 aliphatic carbocycles. The van der Waals surface area contributed by atoms with E-state index in [-0.39, 0.29) is 0 Å². The molecule has 20 heavy (non-hydrogen) atoms. The number of unbranched alkanes of at least 4 members (excludes halogenated alkanes) is 1. The van der Waals surface area contributed by atoms with E-state index in [1.807, 2.05) is 30.3 Å². The number of rotatable bonds is 6. The molecule has 1 N–H and O–H groups in total. The van der Waals surface area contributed by atoms with Gasteiger partial charge in [-0.3, -0.25) is 0 Å². The molecule has 2 aromatic rings. The number of pyridine rings is 1. The van der Waals surface area contributed by atoms with E-state index >= 15 is 0 Å². The molecule has 2 rings (SSSR count). The van der Waals surface area contributed by atoms with Crippen molar-refractivity contribution in [2.24, 2.45) is 0 Å². The van der Waals surface area contributed by atoms with Crippen molar-refractivity contribution in [3.8, 4) is 6.07 Å². The van der Waals surface area contributed by atoms with E-state index in [1.165, 1.54) is 0 Å². The Bertz CT molecular complexity index is 613. The zero-order chi connectivity index (χ0) is 14.4. The first-order valence-corrected chi connectivity index (χ1v) is 6.89. The number of nitrogens with zero attached hydrogens (tertiary/aromatic N) is 3. The number of aromatic nitrogens is 1. The van der Waals surface area contributed by atoms with Gasteiger partial charge in [0, 0.05) is 11.9 Å². The highest BCUT2D eigenvalue weighted by molar-refractivity contribution is 5.82. The number of benzene rings is 1. The smallest absolute Gasteiger partial charge is 0.144 e. The predicted molar refractivity (Wildman–Crippen MR) is 82.7 cm³/mol. The van der Waals surface area contributed by atoms with E-state index in [1.54, 1.807) is 0 Å². The van der Waals surface area contributed by atoms with Gasteiger partial charge in [0.15, 0.2) is 0 Å². The van der Waals surface area contributed by atoms with Gasteiger partial charge in [0.05, 0.1) is 11.1 Å². The van der Waals surface area contributed by atoms with Crippen LogP contribution in [0.5, 0.6) is 0 Å². The number of nitriles is 1. The van der Waals surface area contributed by atoms with Crippen LogP contribution in [0.25, 0.3) is 10.9 Å². The maximum absolute atomic E-state index is 9.22. The normalized spacial score (nSPS) is 10.7. The zero-order valence-corrected chi connectivity index (χ0v) is 12.1. The van der Waals surface area contributed by atoms with Gasteiger partial charge in [-0.25, -0.2) is 4.98 Å². The van der Waals surface area contributed by atoms with Crippen molar-refractivity contribution < 1.29 is 0 Å². The van der Waals surface area contributed by atoms with Crippen molar-refractivity contribution in [3.05, 3.63) is 35.9 Å². The summed E-state index contributed by atoms with van der Waals surface area (Å²) in [5.74, 6) is 0.691. The molecule has 0 aliphatic rings. The van der Waals surface area contributed by atoms with Crippen LogP contribution >= 0.6 is 0 Å². The van der Waals surface area contributed by atoms with Crippen molar-refractivity contribution >= 4 is 16.7 Å². The second-order valence-electron chi connectivity index (χ2n) is 5.13. The van der Waals surface area contributed by atoms with E-state index in [0.29, 0.717) is 11.4 Å². The van der Waals surface area contributed by atoms with Crippen molar-refractivity contribution in [1.82, 2.24) is 9.88 Å². The third-order valence-corrected chi connectivity index (χ3v) is 3.17. The molecule has 0 unspecified atom stereocenters. The lowest BCUT2D eigenvalue weighted by atomic mass is 10.1. The number of nitrogens with one attached hydrogen (secondary N) is 1. The summed E-state index contributed by atoms with van der Waals surface area (Å²) in [7, 11) is 4.15. The fourth-order valence-corrected chi connectivity index (χ4v) is 2.10. The number of para-hydroxylation sites is 1. The first kappa shape index (κ1) is 14.3. The van der Waals surface area contributed by atoms with E-state index in [9.17, 15) is 5.26 Å². The molecule has 0 amide bonds. The average Bonchev–Trinajstić information content (AvgIpc) is 2.45. The minimum atomic E-state index is 0.608. The number of fused-ring (bicyclic) bond motifs is 1. The number of hydrogen-bond acceptors (Lipinski definition) is 4. The largest absolute Gasteiger partial charge is 0.369 e. The zero-order valence-electron chi connectivity index (χ0n) is 12.1. The molecule has 0 saturated carbocycles. The molecule has 0 radical (unpaired) electrons. The molecule has 1 aromatic carbocycles. The summed E-state index contributed by atoms with van der Waals surface area (Å²) in [6.07, 6.45) is 2.20. The van der Waals surface area contributed by atoms with Gasteiger partial charge >= 0.3 is 0 Å². The van der Waals surface area contributed by atoms with Crippen LogP contribution in [0.15, 0.2) is 30.3 Å². The van der Waals surface area contributed by atoms with E-state index in [0.717, 1.165) is 36.8 Å². The summed E-state index contributed by atoms with van der Waals surface area (Å²) in [6.45, 7) is 1.92. The second kappa shape index (κ2) is 6.88. The first-order valence-electron chi connectivity index (χ1n) is 6.89. The molecule has 0 spiro atoms. The molecule has 0 saturated heterocycles. The molecule has 0 bridgehead atoms. The third kappa shape index (κ3) is 3.69. The molecule has 0 fully saturated rings. The summed E-state index contributed by atoms with van der Waals surface area (Å²) in [4.78, 5) is 6.71. The lowest BCUT2D eigenvalue weighted by Gasteiger charge is -2.11. The Kier molecular flexibility index (Phi) is 4.91. The Labute approximate surface area is 120 Å². The van der Waals surface area contributed by atoms with Crippen molar-refractivity contribution in [1.29, 1.82) is 5.26 Å². The standard InChI is InChI=1S/C16H20N4/c1-20(2)10-6-5-9-18-16-14(12-17)11-13-7-3-4-8-15(13)19-16/h3-4,7-8,11H,5-6,9-10H2,1-2H3,(H,18,19). The Balaban J connectivity index is 2.03. The van der Waals surface area contributed by atoms with Gasteiger partial charge in [-0.2, -0.15) is 5.26 Å². The summed E-state index contributed by atoms with van der Waals surface area (Å²) in [5, 5.41) is 13.5. The highest BCUT2D eigenvalue weighted by Gasteiger charge is 2.05. The van der Waals surface area contributed by atoms with Crippen molar-refractivity contribution in [2.75, 3.05) is 32.5 Å². The molecular weight excluding hydrogens is 248 g/mol. The molecule has 1 heterocycles. The minimum absolute atomic E-state index is 0.608. The highest BCUT2D eigenvalue weighted by atomic mass is 15.0. The fraction of sp³-hybridized carbons (Fsp3) is 0.375. The van der Waals surface area contributed by atoms with Crippen molar-refractivity contribution in [3.63, 3.8) is 0 Å². The molecule has 0 atom stereocenters. The van der Waals surface area contributed by atoms with Crippen LogP contribution < -0.4 is 5.32 Å². The summed E-state index contributed by atoms with van der Waals surface area (Å²) in [5.41, 5.74) is 1.53. The second-order valence-corrected chi connectivity index (χ2v) is 5.13. The Morgan fingerprint density at radius 3 is 2.80 bits per heavy atom. The number of hydrogen-bond donors (Lipinski definition) is 1. The molecule has 4 heteroatoms. The van der Waals surface area contributed by atoms with Crippen molar-refractivity contribution in [2.45, 2.75) is 12.8 Å². The van der Waals surface area contributed by atoms with Crippen LogP contribution in [-0.4, -0.2) is 37.1 Å². The molecule has 1 aromatic heterocycles. The Hall–Kier alpha value is -2.12. The maximum Gasteiger partial charge on any atom is 0.144 e. The van der Waals surface area contributed by atoms with E-state index in [2.05, 4.69) is 35.4 Å². The Morgan fingerprint density at radius 1 is 1.25 bits per heavy atom. The minimum Gasteiger partial charge on any atom is -0.369 e. The van der Waals surface area contributed by atoms with Gasteiger partial charge in [0.2, 0.25) is 0 Å². The van der Waals surface area contributed by atoms with E-state index in [4.69, 9.17) is 0 Å². The first-order chi connectivity index (χ1) is 9.70. The van der Waals surface area contributed by atoms with Crippen LogP contribution in [0.2, 0.25) is 0 Å². The van der Waals surface area contributed by atoms with Gasteiger partial charge in [-0.15, -0.1) is 0 Å². The highest BCUT2D eigenvalue weighted by Crippen LogP contribution is 2.19. The molecule has 104 valence electrons. The van der Waals surface area contributed by atoms with Crippen LogP contribution in [0, 0.1) is 11.3 Å². The lowest BCUT2D eigenvalue weighted by molar-refractivity contribution is 0.396. The van der Waals surface area contributed by atoms with Gasteiger partial charge in [0.1, 0.15) is 11.9 Å². The Morgan fingerprint density at radius 2 is 2.05 bits per heavy atom. The molecular formula is C16H20N4. The van der Waals surface area contributed by atoms with Crippen LogP contribution in [0.1, 0.15) is 18.4 Å². The molecule has 0 aliphatic heterocycles. The van der Waals surface area contributed by atoms with Gasteiger partial charge < -0.3 is 10.2 Å².